The third kappa shape index (κ3) is 5.27. The molecule has 3 aromatic rings. The topological polar surface area (TPSA) is 19.1 Å². The summed E-state index contributed by atoms with van der Waals surface area (Å²) in [4.78, 5) is 3.47. The summed E-state index contributed by atoms with van der Waals surface area (Å²) < 4.78 is 3.70. The van der Waals surface area contributed by atoms with Crippen LogP contribution in [0.15, 0.2) is 69.9 Å². The van der Waals surface area contributed by atoms with Gasteiger partial charge in [-0.1, -0.05) is 59.9 Å². The van der Waals surface area contributed by atoms with E-state index in [4.69, 9.17) is 0 Å². The van der Waals surface area contributed by atoms with Crippen molar-refractivity contribution in [2.24, 2.45) is 0 Å². The first-order valence-electron chi connectivity index (χ1n) is 9.12. The molecule has 2 aromatic carbocycles. The van der Waals surface area contributed by atoms with Crippen molar-refractivity contribution in [1.29, 1.82) is 0 Å². The van der Waals surface area contributed by atoms with Crippen LogP contribution in [-0.4, -0.2) is 19.6 Å². The van der Waals surface area contributed by atoms with Gasteiger partial charge in [0.25, 0.3) is 0 Å². The van der Waals surface area contributed by atoms with E-state index in [0.717, 1.165) is 6.54 Å². The summed E-state index contributed by atoms with van der Waals surface area (Å²) in [6.07, 6.45) is 0. The van der Waals surface area contributed by atoms with Crippen molar-refractivity contribution in [2.45, 2.75) is 42.1 Å². The van der Waals surface area contributed by atoms with Gasteiger partial charge in [0.2, 0.25) is 4.34 Å². The first-order valence-corrected chi connectivity index (χ1v) is 10.8. The highest BCUT2D eigenvalue weighted by atomic mass is 32.2. The summed E-state index contributed by atoms with van der Waals surface area (Å²) in [5, 5.41) is 4.92. The zero-order valence-corrected chi connectivity index (χ0v) is 18.3. The van der Waals surface area contributed by atoms with Gasteiger partial charge in [-0.3, -0.25) is 4.90 Å². The Hall–Kier alpha value is -1.98. The molecule has 1 aromatic heterocycles. The lowest BCUT2D eigenvalue weighted by molar-refractivity contribution is -0.705. The quantitative estimate of drug-likeness (QED) is 0.552. The Kier molecular flexibility index (Phi) is 6.12. The standard InChI is InChI=1S/C22H28N3S2/c1-22(2,3)23-19-20(24(4)5)25(16-17-12-8-6-9-13-17)21(27-19)26-18-14-10-7-11-15-18/h6-15,23H,16H2,1-5H3/q+1. The van der Waals surface area contributed by atoms with Gasteiger partial charge in [0, 0.05) is 10.4 Å². The summed E-state index contributed by atoms with van der Waals surface area (Å²) in [7, 11) is 4.24. The zero-order chi connectivity index (χ0) is 19.4. The van der Waals surface area contributed by atoms with Gasteiger partial charge in [0.1, 0.15) is 6.54 Å². The minimum Gasteiger partial charge on any atom is -0.365 e. The highest BCUT2D eigenvalue weighted by Crippen LogP contribution is 2.39. The molecule has 3 rings (SSSR count). The smallest absolute Gasteiger partial charge is 0.312 e. The van der Waals surface area contributed by atoms with E-state index in [-0.39, 0.29) is 5.54 Å². The van der Waals surface area contributed by atoms with Crippen LogP contribution >= 0.6 is 23.1 Å². The molecule has 0 spiro atoms. The Balaban J connectivity index is 2.07. The Labute approximate surface area is 171 Å². The fourth-order valence-electron chi connectivity index (χ4n) is 2.83. The van der Waals surface area contributed by atoms with E-state index < -0.39 is 0 Å². The molecule has 0 aliphatic heterocycles. The fourth-order valence-corrected chi connectivity index (χ4v) is 5.47. The number of hydrogen-bond acceptors (Lipinski definition) is 4. The van der Waals surface area contributed by atoms with Gasteiger partial charge in [0.15, 0.2) is 5.00 Å². The Bertz CT molecular complexity index is 866. The summed E-state index contributed by atoms with van der Waals surface area (Å²) in [5.74, 6) is 1.22. The predicted molar refractivity (Wildman–Crippen MR) is 118 cm³/mol. The van der Waals surface area contributed by atoms with Crippen LogP contribution < -0.4 is 14.8 Å². The average Bonchev–Trinajstić information content (AvgIpc) is 2.91. The largest absolute Gasteiger partial charge is 0.365 e. The molecule has 0 aliphatic carbocycles. The molecule has 3 nitrogen and oxygen atoms in total. The second-order valence-corrected chi connectivity index (χ2v) is 10.1. The van der Waals surface area contributed by atoms with Crippen molar-refractivity contribution in [3.8, 4) is 0 Å². The molecule has 1 heterocycles. The Morgan fingerprint density at radius 2 is 1.56 bits per heavy atom. The van der Waals surface area contributed by atoms with Crippen LogP contribution in [0, 0.1) is 0 Å². The fraction of sp³-hybridized carbons (Fsp3) is 0.318. The number of nitrogens with one attached hydrogen (secondary N) is 1. The number of hydrogen-bond donors (Lipinski definition) is 1. The molecule has 0 fully saturated rings. The number of rotatable bonds is 6. The van der Waals surface area contributed by atoms with E-state index in [1.807, 2.05) is 23.1 Å². The van der Waals surface area contributed by atoms with E-state index in [1.165, 1.54) is 25.6 Å². The molecule has 0 unspecified atom stereocenters. The van der Waals surface area contributed by atoms with Gasteiger partial charge < -0.3 is 5.32 Å². The van der Waals surface area contributed by atoms with Gasteiger partial charge in [-0.15, -0.1) is 0 Å². The number of anilines is 2. The summed E-state index contributed by atoms with van der Waals surface area (Å²) >= 11 is 3.66. The Morgan fingerprint density at radius 1 is 0.963 bits per heavy atom. The van der Waals surface area contributed by atoms with Crippen molar-refractivity contribution in [3.63, 3.8) is 0 Å². The highest BCUT2D eigenvalue weighted by molar-refractivity contribution is 8.01. The molecule has 0 radical (unpaired) electrons. The van der Waals surface area contributed by atoms with Gasteiger partial charge in [-0.05, 0) is 50.2 Å². The number of aromatic nitrogens is 1. The van der Waals surface area contributed by atoms with Crippen LogP contribution in [-0.2, 0) is 6.54 Å². The Morgan fingerprint density at radius 3 is 2.11 bits per heavy atom. The predicted octanol–water partition coefficient (Wildman–Crippen LogP) is 5.51. The summed E-state index contributed by atoms with van der Waals surface area (Å²) in [6.45, 7) is 7.47. The van der Waals surface area contributed by atoms with Crippen LogP contribution in [0.4, 0.5) is 10.8 Å². The van der Waals surface area contributed by atoms with Crippen LogP contribution in [0.25, 0.3) is 0 Å². The second kappa shape index (κ2) is 8.36. The lowest BCUT2D eigenvalue weighted by Crippen LogP contribution is -2.40. The van der Waals surface area contributed by atoms with Crippen LogP contribution in [0.5, 0.6) is 0 Å². The average molecular weight is 399 g/mol. The molecule has 0 atom stereocenters. The van der Waals surface area contributed by atoms with Crippen molar-refractivity contribution in [1.82, 2.24) is 0 Å². The van der Waals surface area contributed by atoms with Crippen molar-refractivity contribution in [2.75, 3.05) is 24.3 Å². The molecule has 0 saturated carbocycles. The number of thiazole rings is 1. The molecule has 0 aliphatic rings. The molecule has 5 heteroatoms. The lowest BCUT2D eigenvalue weighted by atomic mass is 10.1. The summed E-state index contributed by atoms with van der Waals surface area (Å²) in [5.41, 5.74) is 1.31. The van der Waals surface area contributed by atoms with Gasteiger partial charge in [0.05, 0.1) is 14.1 Å². The maximum absolute atomic E-state index is 3.71. The minimum atomic E-state index is 0.00880. The highest BCUT2D eigenvalue weighted by Gasteiger charge is 2.29. The van der Waals surface area contributed by atoms with Crippen LogP contribution in [0.3, 0.4) is 0 Å². The summed E-state index contributed by atoms with van der Waals surface area (Å²) in [6, 6.07) is 21.3. The third-order valence-electron chi connectivity index (χ3n) is 3.91. The van der Waals surface area contributed by atoms with E-state index in [2.05, 4.69) is 110 Å². The second-order valence-electron chi connectivity index (χ2n) is 7.78. The molecule has 1 N–H and O–H groups in total. The first kappa shape index (κ1) is 19.8. The minimum absolute atomic E-state index is 0.00880. The van der Waals surface area contributed by atoms with Gasteiger partial charge >= 0.3 is 5.82 Å². The van der Waals surface area contributed by atoms with Gasteiger partial charge in [-0.2, -0.15) is 0 Å². The van der Waals surface area contributed by atoms with Crippen LogP contribution in [0.2, 0.25) is 0 Å². The van der Waals surface area contributed by atoms with Gasteiger partial charge in [-0.25, -0.2) is 4.57 Å². The van der Waals surface area contributed by atoms with E-state index in [1.54, 1.807) is 0 Å². The molecule has 142 valence electrons. The molecular weight excluding hydrogens is 370 g/mol. The molecule has 0 amide bonds. The van der Waals surface area contributed by atoms with Crippen molar-refractivity contribution in [3.05, 3.63) is 66.2 Å². The SMILES string of the molecule is CN(C)c1c(NC(C)(C)C)sc(Sc2ccccc2)[n+]1Cc1ccccc1. The number of benzene rings is 2. The van der Waals surface area contributed by atoms with Crippen molar-refractivity contribution >= 4 is 33.9 Å². The van der Waals surface area contributed by atoms with E-state index >= 15 is 0 Å². The number of nitrogens with zero attached hydrogens (tertiary/aromatic N) is 2. The first-order chi connectivity index (χ1) is 12.8. The molecule has 27 heavy (non-hydrogen) atoms. The molecule has 0 bridgehead atoms. The zero-order valence-electron chi connectivity index (χ0n) is 16.7. The van der Waals surface area contributed by atoms with E-state index in [9.17, 15) is 0 Å². The maximum atomic E-state index is 3.71. The maximum Gasteiger partial charge on any atom is 0.312 e. The van der Waals surface area contributed by atoms with E-state index in [0.29, 0.717) is 0 Å². The molecular formula is C22H28N3S2+. The normalized spacial score (nSPS) is 11.4. The van der Waals surface area contributed by atoms with Crippen LogP contribution in [0.1, 0.15) is 26.3 Å². The monoisotopic (exact) mass is 398 g/mol. The lowest BCUT2D eigenvalue weighted by Gasteiger charge is -2.21. The third-order valence-corrected chi connectivity index (χ3v) is 6.20. The van der Waals surface area contributed by atoms with Crippen molar-refractivity contribution < 1.29 is 4.57 Å². The molecule has 0 saturated heterocycles.